The maximum absolute atomic E-state index is 11.4. The van der Waals surface area contributed by atoms with E-state index >= 15 is 0 Å². The minimum absolute atomic E-state index is 0.0183. The molecule has 0 aliphatic carbocycles. The standard InChI is InChI=1S/C12H12N2OS/c1-16-8-12(15)14-11-7-6-9-4-2-3-5-10(9)13-11/h2-7H,8H2,1H3,(H,13,14,15). The summed E-state index contributed by atoms with van der Waals surface area (Å²) < 4.78 is 0. The van der Waals surface area contributed by atoms with Crippen LogP contribution in [0.3, 0.4) is 0 Å². The van der Waals surface area contributed by atoms with E-state index < -0.39 is 0 Å². The highest BCUT2D eigenvalue weighted by Gasteiger charge is 2.02. The Morgan fingerprint density at radius 2 is 2.12 bits per heavy atom. The van der Waals surface area contributed by atoms with Crippen LogP contribution in [-0.4, -0.2) is 22.9 Å². The first kappa shape index (κ1) is 11.0. The number of hydrogen-bond donors (Lipinski definition) is 1. The molecule has 1 amide bonds. The van der Waals surface area contributed by atoms with Crippen molar-refractivity contribution in [2.45, 2.75) is 0 Å². The Kier molecular flexibility index (Phi) is 3.41. The minimum Gasteiger partial charge on any atom is -0.310 e. The highest BCUT2D eigenvalue weighted by atomic mass is 32.2. The highest BCUT2D eigenvalue weighted by molar-refractivity contribution is 7.99. The summed E-state index contributed by atoms with van der Waals surface area (Å²) in [5, 5.41) is 3.84. The molecule has 0 aliphatic rings. The van der Waals surface area contributed by atoms with Crippen molar-refractivity contribution in [3.8, 4) is 0 Å². The molecule has 0 bridgehead atoms. The number of benzene rings is 1. The van der Waals surface area contributed by atoms with Gasteiger partial charge < -0.3 is 5.32 Å². The maximum Gasteiger partial charge on any atom is 0.235 e. The number of amides is 1. The molecule has 3 nitrogen and oxygen atoms in total. The number of rotatable bonds is 3. The first-order valence-electron chi connectivity index (χ1n) is 4.94. The second kappa shape index (κ2) is 4.99. The zero-order valence-electron chi connectivity index (χ0n) is 8.93. The second-order valence-corrected chi connectivity index (χ2v) is 4.24. The van der Waals surface area contributed by atoms with Crippen LogP contribution < -0.4 is 5.32 Å². The molecule has 82 valence electrons. The van der Waals surface area contributed by atoms with E-state index in [1.165, 1.54) is 11.8 Å². The molecule has 0 aliphatic heterocycles. The summed E-state index contributed by atoms with van der Waals surface area (Å²) in [4.78, 5) is 15.7. The van der Waals surface area contributed by atoms with Gasteiger partial charge in [0.05, 0.1) is 11.3 Å². The fourth-order valence-electron chi connectivity index (χ4n) is 1.45. The molecular formula is C12H12N2OS. The number of nitrogens with zero attached hydrogens (tertiary/aromatic N) is 1. The van der Waals surface area contributed by atoms with Crippen molar-refractivity contribution in [1.29, 1.82) is 0 Å². The number of thioether (sulfide) groups is 1. The molecule has 16 heavy (non-hydrogen) atoms. The lowest BCUT2D eigenvalue weighted by atomic mass is 10.2. The quantitative estimate of drug-likeness (QED) is 0.884. The molecule has 0 spiro atoms. The Bertz CT molecular complexity index is 513. The zero-order valence-corrected chi connectivity index (χ0v) is 9.75. The normalized spacial score (nSPS) is 10.3. The van der Waals surface area contributed by atoms with Crippen molar-refractivity contribution in [2.24, 2.45) is 0 Å². The molecule has 0 radical (unpaired) electrons. The number of carbonyl (C=O) groups is 1. The zero-order chi connectivity index (χ0) is 11.4. The fraction of sp³-hybridized carbons (Fsp3) is 0.167. The van der Waals surface area contributed by atoms with Crippen LogP contribution in [0.25, 0.3) is 10.9 Å². The van der Waals surface area contributed by atoms with E-state index in [4.69, 9.17) is 0 Å². The smallest absolute Gasteiger partial charge is 0.235 e. The minimum atomic E-state index is -0.0183. The number of carbonyl (C=O) groups excluding carboxylic acids is 1. The van der Waals surface area contributed by atoms with Crippen LogP contribution in [0, 0.1) is 0 Å². The summed E-state index contributed by atoms with van der Waals surface area (Å²) in [6.07, 6.45) is 1.90. The molecule has 2 aromatic rings. The van der Waals surface area contributed by atoms with Crippen LogP contribution in [0.1, 0.15) is 0 Å². The molecule has 0 unspecified atom stereocenters. The Labute approximate surface area is 98.3 Å². The van der Waals surface area contributed by atoms with Crippen molar-refractivity contribution < 1.29 is 4.79 Å². The van der Waals surface area contributed by atoms with Crippen LogP contribution in [0.5, 0.6) is 0 Å². The lowest BCUT2D eigenvalue weighted by molar-refractivity contribution is -0.113. The van der Waals surface area contributed by atoms with Crippen molar-refractivity contribution in [3.63, 3.8) is 0 Å². The fourth-order valence-corrected chi connectivity index (χ4v) is 1.78. The number of aromatic nitrogens is 1. The Balaban J connectivity index is 2.22. The van der Waals surface area contributed by atoms with Gasteiger partial charge in [0.2, 0.25) is 5.91 Å². The van der Waals surface area contributed by atoms with Gasteiger partial charge in [-0.05, 0) is 24.5 Å². The molecule has 0 saturated heterocycles. The van der Waals surface area contributed by atoms with Gasteiger partial charge in [0, 0.05) is 5.39 Å². The van der Waals surface area contributed by atoms with Gasteiger partial charge in [-0.2, -0.15) is 11.8 Å². The third-order valence-corrected chi connectivity index (χ3v) is 2.69. The summed E-state index contributed by atoms with van der Waals surface area (Å²) in [6, 6.07) is 11.6. The van der Waals surface area contributed by atoms with Gasteiger partial charge in [-0.25, -0.2) is 4.98 Å². The van der Waals surface area contributed by atoms with E-state index in [-0.39, 0.29) is 5.91 Å². The Morgan fingerprint density at radius 3 is 2.94 bits per heavy atom. The first-order chi connectivity index (χ1) is 7.79. The predicted molar refractivity (Wildman–Crippen MR) is 68.8 cm³/mol. The monoisotopic (exact) mass is 232 g/mol. The average Bonchev–Trinajstić information content (AvgIpc) is 2.29. The lowest BCUT2D eigenvalue weighted by Crippen LogP contribution is -2.14. The largest absolute Gasteiger partial charge is 0.310 e. The van der Waals surface area contributed by atoms with E-state index in [0.717, 1.165) is 10.9 Å². The van der Waals surface area contributed by atoms with Gasteiger partial charge in [0.25, 0.3) is 0 Å². The summed E-state index contributed by atoms with van der Waals surface area (Å²) in [6.45, 7) is 0. The number of nitrogens with one attached hydrogen (secondary N) is 1. The number of para-hydroxylation sites is 1. The highest BCUT2D eigenvalue weighted by Crippen LogP contribution is 2.14. The van der Waals surface area contributed by atoms with E-state index in [9.17, 15) is 4.79 Å². The maximum atomic E-state index is 11.4. The Hall–Kier alpha value is -1.55. The summed E-state index contributed by atoms with van der Waals surface area (Å²) in [5.74, 6) is 1.04. The summed E-state index contributed by atoms with van der Waals surface area (Å²) >= 11 is 1.49. The molecule has 0 fully saturated rings. The molecular weight excluding hydrogens is 220 g/mol. The topological polar surface area (TPSA) is 42.0 Å². The van der Waals surface area contributed by atoms with Gasteiger partial charge in [0.15, 0.2) is 0 Å². The molecule has 1 aromatic heterocycles. The van der Waals surface area contributed by atoms with Crippen LogP contribution in [0.15, 0.2) is 36.4 Å². The van der Waals surface area contributed by atoms with Crippen molar-refractivity contribution in [2.75, 3.05) is 17.3 Å². The number of anilines is 1. The van der Waals surface area contributed by atoms with E-state index in [1.807, 2.05) is 42.7 Å². The van der Waals surface area contributed by atoms with Crippen LogP contribution >= 0.6 is 11.8 Å². The molecule has 4 heteroatoms. The summed E-state index contributed by atoms with van der Waals surface area (Å²) in [5.41, 5.74) is 0.893. The van der Waals surface area contributed by atoms with E-state index in [1.54, 1.807) is 0 Å². The summed E-state index contributed by atoms with van der Waals surface area (Å²) in [7, 11) is 0. The van der Waals surface area contributed by atoms with Crippen molar-refractivity contribution in [1.82, 2.24) is 4.98 Å². The van der Waals surface area contributed by atoms with E-state index in [0.29, 0.717) is 11.6 Å². The second-order valence-electron chi connectivity index (χ2n) is 3.37. The average molecular weight is 232 g/mol. The van der Waals surface area contributed by atoms with Crippen molar-refractivity contribution in [3.05, 3.63) is 36.4 Å². The predicted octanol–water partition coefficient (Wildman–Crippen LogP) is 2.54. The van der Waals surface area contributed by atoms with E-state index in [2.05, 4.69) is 10.3 Å². The SMILES string of the molecule is CSCC(=O)Nc1ccc2ccccc2n1. The third-order valence-electron chi connectivity index (χ3n) is 2.14. The molecule has 2 rings (SSSR count). The van der Waals surface area contributed by atoms with Gasteiger partial charge in [-0.3, -0.25) is 4.79 Å². The van der Waals surface area contributed by atoms with Gasteiger partial charge in [0.1, 0.15) is 5.82 Å². The van der Waals surface area contributed by atoms with Crippen LogP contribution in [-0.2, 0) is 4.79 Å². The van der Waals surface area contributed by atoms with Crippen LogP contribution in [0.2, 0.25) is 0 Å². The number of pyridine rings is 1. The molecule has 0 atom stereocenters. The van der Waals surface area contributed by atoms with Crippen molar-refractivity contribution >= 4 is 34.4 Å². The molecule has 1 heterocycles. The number of fused-ring (bicyclic) bond motifs is 1. The van der Waals surface area contributed by atoms with Gasteiger partial charge >= 0.3 is 0 Å². The van der Waals surface area contributed by atoms with Crippen LogP contribution in [0.4, 0.5) is 5.82 Å². The Morgan fingerprint density at radius 1 is 1.31 bits per heavy atom. The van der Waals surface area contributed by atoms with Gasteiger partial charge in [-0.1, -0.05) is 18.2 Å². The lowest BCUT2D eigenvalue weighted by Gasteiger charge is -2.04. The molecule has 1 N–H and O–H groups in total. The molecule has 1 aromatic carbocycles. The van der Waals surface area contributed by atoms with Gasteiger partial charge in [-0.15, -0.1) is 0 Å². The first-order valence-corrected chi connectivity index (χ1v) is 6.33. The molecule has 0 saturated carbocycles. The number of hydrogen-bond acceptors (Lipinski definition) is 3. The third kappa shape index (κ3) is 2.52.